The van der Waals surface area contributed by atoms with E-state index in [-0.39, 0.29) is 12.1 Å². The largest absolute Gasteiger partial charge is 0.373 e. The van der Waals surface area contributed by atoms with E-state index >= 15 is 0 Å². The van der Waals surface area contributed by atoms with Gasteiger partial charge in [-0.05, 0) is 44.3 Å². The van der Waals surface area contributed by atoms with Gasteiger partial charge in [0.1, 0.15) is 0 Å². The third kappa shape index (κ3) is 5.44. The first-order chi connectivity index (χ1) is 12.2. The van der Waals surface area contributed by atoms with Crippen LogP contribution >= 0.6 is 0 Å². The van der Waals surface area contributed by atoms with Gasteiger partial charge in [-0.2, -0.15) is 0 Å². The van der Waals surface area contributed by atoms with Crippen molar-refractivity contribution < 1.29 is 9.53 Å². The molecule has 1 N–H and O–H groups in total. The summed E-state index contributed by atoms with van der Waals surface area (Å²) in [7, 11) is 0. The third-order valence-corrected chi connectivity index (χ3v) is 5.34. The molecule has 1 aromatic carbocycles. The second-order valence-corrected chi connectivity index (χ2v) is 7.16. The second-order valence-electron chi connectivity index (χ2n) is 7.16. The number of carbonyl (C=O) groups is 1. The molecule has 2 aliphatic heterocycles. The number of piperidine rings is 2. The number of likely N-dealkylation sites (N-methyl/N-ethyl adjacent to an activating group) is 1. The number of nitrogens with zero attached hydrogens (tertiary/aromatic N) is 2. The fourth-order valence-electron chi connectivity index (χ4n) is 3.74. The molecule has 5 nitrogen and oxygen atoms in total. The Bertz CT molecular complexity index is 529. The number of nitrogens with one attached hydrogen (secondary N) is 1. The van der Waals surface area contributed by atoms with Crippen LogP contribution in [0.3, 0.4) is 0 Å². The van der Waals surface area contributed by atoms with Gasteiger partial charge in [0.15, 0.2) is 0 Å². The fourth-order valence-corrected chi connectivity index (χ4v) is 3.74. The van der Waals surface area contributed by atoms with Crippen LogP contribution in [0.25, 0.3) is 0 Å². The van der Waals surface area contributed by atoms with Gasteiger partial charge >= 0.3 is 6.03 Å². The lowest BCUT2D eigenvalue weighted by Crippen LogP contribution is -2.53. The van der Waals surface area contributed by atoms with Crippen molar-refractivity contribution in [1.29, 1.82) is 0 Å². The van der Waals surface area contributed by atoms with Gasteiger partial charge in [-0.1, -0.05) is 37.3 Å². The van der Waals surface area contributed by atoms with E-state index in [9.17, 15) is 4.79 Å². The molecule has 2 aliphatic rings. The number of urea groups is 1. The molecule has 25 heavy (non-hydrogen) atoms. The molecule has 3 rings (SSSR count). The quantitative estimate of drug-likeness (QED) is 0.892. The van der Waals surface area contributed by atoms with Gasteiger partial charge in [-0.3, -0.25) is 0 Å². The van der Waals surface area contributed by atoms with E-state index in [1.165, 1.54) is 12.0 Å². The van der Waals surface area contributed by atoms with E-state index in [0.29, 0.717) is 12.6 Å². The van der Waals surface area contributed by atoms with Gasteiger partial charge in [-0.25, -0.2) is 4.79 Å². The van der Waals surface area contributed by atoms with Crippen LogP contribution in [-0.2, 0) is 11.3 Å². The van der Waals surface area contributed by atoms with Crippen LogP contribution in [0.15, 0.2) is 30.3 Å². The zero-order valence-electron chi connectivity index (χ0n) is 15.3. The molecule has 0 saturated carbocycles. The molecule has 1 aromatic rings. The Morgan fingerprint density at radius 2 is 1.92 bits per heavy atom. The van der Waals surface area contributed by atoms with E-state index in [1.54, 1.807) is 0 Å². The van der Waals surface area contributed by atoms with Gasteiger partial charge < -0.3 is 19.9 Å². The van der Waals surface area contributed by atoms with Crippen LogP contribution in [-0.4, -0.2) is 60.7 Å². The third-order valence-electron chi connectivity index (χ3n) is 5.34. The molecule has 0 unspecified atom stereocenters. The highest BCUT2D eigenvalue weighted by Gasteiger charge is 2.26. The molecule has 2 fully saturated rings. The average Bonchev–Trinajstić information content (AvgIpc) is 2.67. The smallest absolute Gasteiger partial charge is 0.317 e. The number of hydrogen-bond acceptors (Lipinski definition) is 3. The Labute approximate surface area is 151 Å². The lowest BCUT2D eigenvalue weighted by Gasteiger charge is -2.36. The predicted molar refractivity (Wildman–Crippen MR) is 99.5 cm³/mol. The van der Waals surface area contributed by atoms with E-state index in [0.717, 1.165) is 52.0 Å². The number of benzene rings is 1. The zero-order chi connectivity index (χ0) is 17.5. The fraction of sp³-hybridized carbons (Fsp3) is 0.650. The number of carbonyl (C=O) groups excluding carboxylic acids is 1. The van der Waals surface area contributed by atoms with Crippen LogP contribution in [0.2, 0.25) is 0 Å². The number of rotatable bonds is 5. The number of hydrogen-bond donors (Lipinski definition) is 1. The van der Waals surface area contributed by atoms with Crippen LogP contribution in [0.4, 0.5) is 4.79 Å². The predicted octanol–water partition coefficient (Wildman–Crippen LogP) is 2.86. The molecule has 2 amide bonds. The molecule has 2 saturated heterocycles. The van der Waals surface area contributed by atoms with Crippen molar-refractivity contribution in [3.05, 3.63) is 35.9 Å². The molecule has 0 radical (unpaired) electrons. The lowest BCUT2D eigenvalue weighted by atomic mass is 10.1. The topological polar surface area (TPSA) is 44.8 Å². The number of ether oxygens (including phenoxy) is 1. The molecular formula is C20H31N3O2. The minimum Gasteiger partial charge on any atom is -0.373 e. The summed E-state index contributed by atoms with van der Waals surface area (Å²) >= 11 is 0. The standard InChI is InChI=1S/C20H31N3O2/c1-2-22-12-6-9-18(15-22)21-20(24)23-13-10-19(11-14-23)25-16-17-7-4-3-5-8-17/h3-5,7-8,18-19H,2,6,9-16H2,1H3,(H,21,24)/t18-/m0/s1. The number of amides is 2. The van der Waals surface area contributed by atoms with Crippen LogP contribution in [0.1, 0.15) is 38.2 Å². The molecule has 2 heterocycles. The molecule has 5 heteroatoms. The second kappa shape index (κ2) is 9.20. The van der Waals surface area contributed by atoms with E-state index in [4.69, 9.17) is 4.74 Å². The van der Waals surface area contributed by atoms with Gasteiger partial charge in [0.2, 0.25) is 0 Å². The Balaban J connectivity index is 1.37. The molecule has 1 atom stereocenters. The minimum atomic E-state index is 0.101. The normalized spacial score (nSPS) is 22.8. The first kappa shape index (κ1) is 18.2. The zero-order valence-corrected chi connectivity index (χ0v) is 15.3. The molecule has 138 valence electrons. The van der Waals surface area contributed by atoms with Crippen LogP contribution < -0.4 is 5.32 Å². The van der Waals surface area contributed by atoms with E-state index in [1.807, 2.05) is 23.1 Å². The van der Waals surface area contributed by atoms with Crippen molar-refractivity contribution in [2.75, 3.05) is 32.7 Å². The Kier molecular flexibility index (Phi) is 6.70. The maximum absolute atomic E-state index is 12.5. The molecule has 0 spiro atoms. The minimum absolute atomic E-state index is 0.101. The summed E-state index contributed by atoms with van der Waals surface area (Å²) in [6.07, 6.45) is 4.37. The van der Waals surface area contributed by atoms with Crippen LogP contribution in [0.5, 0.6) is 0 Å². The molecule has 0 aliphatic carbocycles. The summed E-state index contributed by atoms with van der Waals surface area (Å²) in [5.74, 6) is 0. The Morgan fingerprint density at radius 3 is 2.64 bits per heavy atom. The van der Waals surface area contributed by atoms with Crippen molar-refractivity contribution in [2.24, 2.45) is 0 Å². The maximum atomic E-state index is 12.5. The van der Waals surface area contributed by atoms with Gasteiger partial charge in [0, 0.05) is 25.7 Å². The van der Waals surface area contributed by atoms with Gasteiger partial charge in [0.25, 0.3) is 0 Å². The molecule has 0 bridgehead atoms. The Morgan fingerprint density at radius 1 is 1.16 bits per heavy atom. The van der Waals surface area contributed by atoms with Crippen LogP contribution in [0, 0.1) is 0 Å². The van der Waals surface area contributed by atoms with E-state index < -0.39 is 0 Å². The first-order valence-electron chi connectivity index (χ1n) is 9.68. The summed E-state index contributed by atoms with van der Waals surface area (Å²) in [4.78, 5) is 16.9. The summed E-state index contributed by atoms with van der Waals surface area (Å²) in [6, 6.07) is 10.7. The summed E-state index contributed by atoms with van der Waals surface area (Å²) in [6.45, 7) is 7.63. The highest BCUT2D eigenvalue weighted by atomic mass is 16.5. The first-order valence-corrected chi connectivity index (χ1v) is 9.68. The average molecular weight is 345 g/mol. The highest BCUT2D eigenvalue weighted by molar-refractivity contribution is 5.74. The summed E-state index contributed by atoms with van der Waals surface area (Å²) < 4.78 is 6.01. The maximum Gasteiger partial charge on any atom is 0.317 e. The lowest BCUT2D eigenvalue weighted by molar-refractivity contribution is 0.00410. The van der Waals surface area contributed by atoms with Gasteiger partial charge in [-0.15, -0.1) is 0 Å². The Hall–Kier alpha value is -1.59. The molecular weight excluding hydrogens is 314 g/mol. The van der Waals surface area contributed by atoms with Crippen molar-refractivity contribution in [2.45, 2.75) is 51.4 Å². The monoisotopic (exact) mass is 345 g/mol. The van der Waals surface area contributed by atoms with E-state index in [2.05, 4.69) is 29.3 Å². The summed E-state index contributed by atoms with van der Waals surface area (Å²) in [5, 5.41) is 3.23. The van der Waals surface area contributed by atoms with Crippen molar-refractivity contribution in [3.63, 3.8) is 0 Å². The summed E-state index contributed by atoms with van der Waals surface area (Å²) in [5.41, 5.74) is 1.21. The van der Waals surface area contributed by atoms with Crippen molar-refractivity contribution in [3.8, 4) is 0 Å². The van der Waals surface area contributed by atoms with Gasteiger partial charge in [0.05, 0.1) is 12.7 Å². The van der Waals surface area contributed by atoms with Crippen molar-refractivity contribution in [1.82, 2.24) is 15.1 Å². The SMILES string of the molecule is CCN1CCC[C@H](NC(=O)N2CCC(OCc3ccccc3)CC2)C1. The molecule has 0 aromatic heterocycles. The van der Waals surface area contributed by atoms with Crippen molar-refractivity contribution >= 4 is 6.03 Å². The highest BCUT2D eigenvalue weighted by Crippen LogP contribution is 2.17. The number of likely N-dealkylation sites (tertiary alicyclic amines) is 2.